The molecule has 2 N–H and O–H groups in total. The molecule has 5 rings (SSSR count). The van der Waals surface area contributed by atoms with Gasteiger partial charge < -0.3 is 15.2 Å². The smallest absolute Gasteiger partial charge is 0.339 e. The number of carboxylic acids is 1. The van der Waals surface area contributed by atoms with E-state index in [2.05, 4.69) is 57.3 Å². The summed E-state index contributed by atoms with van der Waals surface area (Å²) in [6.45, 7) is 8.32. The van der Waals surface area contributed by atoms with Gasteiger partial charge in [0.1, 0.15) is 0 Å². The van der Waals surface area contributed by atoms with E-state index in [1.54, 1.807) is 30.3 Å². The molecule has 3 aromatic rings. The maximum Gasteiger partial charge on any atom is 0.339 e. The third-order valence-corrected chi connectivity index (χ3v) is 7.64. The lowest BCUT2D eigenvalue weighted by molar-refractivity contribution is -0.132. The number of methoxy groups -OCH3 is 1. The fraction of sp³-hybridized carbons (Fsp3) is 0.265. The Balaban J connectivity index is 0.000000210. The van der Waals surface area contributed by atoms with Crippen LogP contribution in [-0.2, 0) is 27.2 Å². The van der Waals surface area contributed by atoms with E-state index in [9.17, 15) is 14.4 Å². The molecule has 3 aromatic carbocycles. The van der Waals surface area contributed by atoms with Crippen molar-refractivity contribution in [1.29, 1.82) is 0 Å². The standard InChI is InChI=1S/C21H21NO3.C13H14O2/c1-13-10-15-8-9-16(12-17(15)11-14(13)2)20(23)22-19-7-5-4-6-18(19)21(24)25-3;1-8-5-10-3-4-11(13(14)15)7-12(10)6-9(8)2/h4-7,10-12H,8-9H2,1-3H3,(H,22,23);5-7H,3-4H2,1-2H3,(H,14,15). The fourth-order valence-corrected chi connectivity index (χ4v) is 4.99. The van der Waals surface area contributed by atoms with Crippen molar-refractivity contribution in [1.82, 2.24) is 0 Å². The molecule has 2 aliphatic carbocycles. The first-order chi connectivity index (χ1) is 19.1. The van der Waals surface area contributed by atoms with E-state index in [1.807, 2.05) is 6.08 Å². The third kappa shape index (κ3) is 6.40. The van der Waals surface area contributed by atoms with Gasteiger partial charge in [-0.05, 0) is 122 Å². The van der Waals surface area contributed by atoms with Crippen LogP contribution in [0.25, 0.3) is 12.2 Å². The molecule has 206 valence electrons. The van der Waals surface area contributed by atoms with Crippen molar-refractivity contribution in [2.45, 2.75) is 53.4 Å². The molecule has 40 heavy (non-hydrogen) atoms. The van der Waals surface area contributed by atoms with Gasteiger partial charge in [0.25, 0.3) is 5.91 Å². The van der Waals surface area contributed by atoms with Crippen molar-refractivity contribution in [3.05, 3.63) is 110 Å². The lowest BCUT2D eigenvalue weighted by Crippen LogP contribution is -2.19. The number of esters is 1. The number of ether oxygens (including phenoxy) is 1. The molecule has 6 nitrogen and oxygen atoms in total. The van der Waals surface area contributed by atoms with Crippen molar-refractivity contribution in [3.63, 3.8) is 0 Å². The Kier molecular flexibility index (Phi) is 8.68. The zero-order chi connectivity index (χ0) is 29.0. The number of carbonyl (C=O) groups is 3. The number of amides is 1. The second-order valence-electron chi connectivity index (χ2n) is 10.4. The molecular formula is C34H35NO5. The van der Waals surface area contributed by atoms with Crippen LogP contribution in [0.1, 0.15) is 67.7 Å². The van der Waals surface area contributed by atoms with Gasteiger partial charge in [0.15, 0.2) is 0 Å². The van der Waals surface area contributed by atoms with Gasteiger partial charge in [0, 0.05) is 11.1 Å². The topological polar surface area (TPSA) is 92.7 Å². The van der Waals surface area contributed by atoms with E-state index in [0.717, 1.165) is 29.5 Å². The molecule has 0 bridgehead atoms. The number of hydrogen-bond donors (Lipinski definition) is 2. The summed E-state index contributed by atoms with van der Waals surface area (Å²) in [5.41, 5.74) is 11.7. The summed E-state index contributed by atoms with van der Waals surface area (Å²) in [6, 6.07) is 15.4. The second-order valence-corrected chi connectivity index (χ2v) is 10.4. The van der Waals surface area contributed by atoms with E-state index in [-0.39, 0.29) is 5.91 Å². The summed E-state index contributed by atoms with van der Waals surface area (Å²) in [6.07, 6.45) is 6.75. The molecule has 1 amide bonds. The summed E-state index contributed by atoms with van der Waals surface area (Å²) >= 11 is 0. The SMILES string of the molecule is COC(=O)c1ccccc1NC(=O)C1=Cc2cc(C)c(C)cc2CC1.Cc1cc2c(cc1C)CCC(C(=O)O)=C2. The Morgan fingerprint density at radius 3 is 1.77 bits per heavy atom. The van der Waals surface area contributed by atoms with Crippen LogP contribution in [0.4, 0.5) is 5.69 Å². The quantitative estimate of drug-likeness (QED) is 0.358. The Hall–Kier alpha value is -4.45. The molecule has 2 aliphatic rings. The van der Waals surface area contributed by atoms with E-state index < -0.39 is 11.9 Å². The molecule has 0 atom stereocenters. The predicted octanol–water partition coefficient (Wildman–Crippen LogP) is 6.78. The van der Waals surface area contributed by atoms with Crippen LogP contribution in [0.2, 0.25) is 0 Å². The number of aliphatic carboxylic acids is 1. The molecule has 0 radical (unpaired) electrons. The summed E-state index contributed by atoms with van der Waals surface area (Å²) < 4.78 is 4.77. The molecule has 0 saturated heterocycles. The largest absolute Gasteiger partial charge is 0.478 e. The van der Waals surface area contributed by atoms with Crippen molar-refractivity contribution < 1.29 is 24.2 Å². The molecule has 6 heteroatoms. The van der Waals surface area contributed by atoms with E-state index >= 15 is 0 Å². The number of aryl methyl sites for hydroxylation is 6. The first-order valence-corrected chi connectivity index (χ1v) is 13.4. The lowest BCUT2D eigenvalue weighted by atomic mass is 9.89. The highest BCUT2D eigenvalue weighted by molar-refractivity contribution is 6.10. The Labute approximate surface area is 235 Å². The summed E-state index contributed by atoms with van der Waals surface area (Å²) in [5, 5.41) is 11.8. The number of nitrogens with one attached hydrogen (secondary N) is 1. The molecule has 0 spiro atoms. The number of carboxylic acid groups (broad SMARTS) is 1. The zero-order valence-corrected chi connectivity index (χ0v) is 23.7. The molecule has 0 unspecified atom stereocenters. The predicted molar refractivity (Wildman–Crippen MR) is 158 cm³/mol. The van der Waals surface area contributed by atoms with Crippen LogP contribution in [0.5, 0.6) is 0 Å². The van der Waals surface area contributed by atoms with E-state index in [0.29, 0.717) is 29.7 Å². The monoisotopic (exact) mass is 537 g/mol. The van der Waals surface area contributed by atoms with Crippen LogP contribution >= 0.6 is 0 Å². The van der Waals surface area contributed by atoms with E-state index in [1.165, 1.54) is 40.5 Å². The number of rotatable bonds is 4. The minimum Gasteiger partial charge on any atom is -0.478 e. The van der Waals surface area contributed by atoms with Crippen molar-refractivity contribution in [2.75, 3.05) is 12.4 Å². The van der Waals surface area contributed by atoms with Crippen molar-refractivity contribution in [3.8, 4) is 0 Å². The van der Waals surface area contributed by atoms with Gasteiger partial charge in [-0.1, -0.05) is 36.4 Å². The summed E-state index contributed by atoms with van der Waals surface area (Å²) in [5.74, 6) is -1.44. The van der Waals surface area contributed by atoms with Gasteiger partial charge in [-0.25, -0.2) is 9.59 Å². The first-order valence-electron chi connectivity index (χ1n) is 13.4. The molecule has 0 aromatic heterocycles. The van der Waals surface area contributed by atoms with Crippen molar-refractivity contribution >= 4 is 35.7 Å². The highest BCUT2D eigenvalue weighted by Crippen LogP contribution is 2.28. The van der Waals surface area contributed by atoms with Gasteiger partial charge in [0.2, 0.25) is 0 Å². The van der Waals surface area contributed by atoms with Crippen LogP contribution in [-0.4, -0.2) is 30.1 Å². The minimum absolute atomic E-state index is 0.180. The first kappa shape index (κ1) is 28.6. The highest BCUT2D eigenvalue weighted by atomic mass is 16.5. The molecule has 0 saturated carbocycles. The summed E-state index contributed by atoms with van der Waals surface area (Å²) in [7, 11) is 1.33. The minimum atomic E-state index is -0.793. The van der Waals surface area contributed by atoms with Gasteiger partial charge in [-0.15, -0.1) is 0 Å². The maximum absolute atomic E-state index is 12.7. The molecular weight excluding hydrogens is 502 g/mol. The zero-order valence-electron chi connectivity index (χ0n) is 23.7. The number of carbonyl (C=O) groups excluding carboxylic acids is 2. The maximum atomic E-state index is 12.7. The normalized spacial score (nSPS) is 13.4. The number of hydrogen-bond acceptors (Lipinski definition) is 4. The van der Waals surface area contributed by atoms with Crippen LogP contribution < -0.4 is 5.32 Å². The van der Waals surface area contributed by atoms with Gasteiger partial charge >= 0.3 is 11.9 Å². The number of anilines is 1. The second kappa shape index (κ2) is 12.2. The van der Waals surface area contributed by atoms with E-state index in [4.69, 9.17) is 9.84 Å². The van der Waals surface area contributed by atoms with Gasteiger partial charge in [0.05, 0.1) is 18.4 Å². The van der Waals surface area contributed by atoms with Gasteiger partial charge in [-0.2, -0.15) is 0 Å². The van der Waals surface area contributed by atoms with Crippen LogP contribution in [0.3, 0.4) is 0 Å². The van der Waals surface area contributed by atoms with Gasteiger partial charge in [-0.3, -0.25) is 4.79 Å². The van der Waals surface area contributed by atoms with Crippen molar-refractivity contribution in [2.24, 2.45) is 0 Å². The van der Waals surface area contributed by atoms with Crippen LogP contribution in [0, 0.1) is 27.7 Å². The third-order valence-electron chi connectivity index (χ3n) is 7.64. The number of fused-ring (bicyclic) bond motifs is 2. The fourth-order valence-electron chi connectivity index (χ4n) is 4.99. The number of para-hydroxylation sites is 1. The molecule has 0 fully saturated rings. The highest BCUT2D eigenvalue weighted by Gasteiger charge is 2.20. The lowest BCUT2D eigenvalue weighted by Gasteiger charge is -2.18. The average Bonchev–Trinajstić information content (AvgIpc) is 2.94. The van der Waals surface area contributed by atoms with Crippen LogP contribution in [0.15, 0.2) is 59.7 Å². The Bertz CT molecular complexity index is 1560. The Morgan fingerprint density at radius 2 is 1.23 bits per heavy atom. The number of benzene rings is 3. The Morgan fingerprint density at radius 1 is 0.725 bits per heavy atom. The average molecular weight is 538 g/mol. The molecule has 0 heterocycles. The molecule has 0 aliphatic heterocycles. The summed E-state index contributed by atoms with van der Waals surface area (Å²) in [4.78, 5) is 35.3.